The number of nitrogens with one attached hydrogen (secondary N) is 2. The first kappa shape index (κ1) is 45.4. The van der Waals surface area contributed by atoms with Gasteiger partial charge in [-0.15, -0.1) is 0 Å². The van der Waals surface area contributed by atoms with Crippen LogP contribution < -0.4 is 10.6 Å². The zero-order chi connectivity index (χ0) is 46.6. The predicted octanol–water partition coefficient (Wildman–Crippen LogP) is 9.82. The van der Waals surface area contributed by atoms with Crippen LogP contribution in [-0.2, 0) is 25.5 Å². The van der Waals surface area contributed by atoms with E-state index in [1.54, 1.807) is 0 Å². The number of aliphatic imine (C=N–C) groups is 2. The summed E-state index contributed by atoms with van der Waals surface area (Å²) in [5, 5.41) is 5.55. The average molecular weight is 895 g/mol. The minimum atomic E-state index is -0.670. The van der Waals surface area contributed by atoms with Crippen molar-refractivity contribution >= 4 is 46.7 Å². The van der Waals surface area contributed by atoms with Crippen molar-refractivity contribution in [1.82, 2.24) is 20.4 Å². The number of amides is 4. The molecular weight excluding hydrogens is 829 g/mol. The van der Waals surface area contributed by atoms with E-state index >= 15 is 0 Å². The highest BCUT2D eigenvalue weighted by Gasteiger charge is 2.43. The van der Waals surface area contributed by atoms with Crippen LogP contribution in [0, 0.1) is 23.7 Å². The maximum atomic E-state index is 14.0. The van der Waals surface area contributed by atoms with Gasteiger partial charge in [0, 0.05) is 43.6 Å². The molecule has 3 fully saturated rings. The Morgan fingerprint density at radius 1 is 0.636 bits per heavy atom. The predicted molar refractivity (Wildman–Crippen MR) is 259 cm³/mol. The summed E-state index contributed by atoms with van der Waals surface area (Å²) in [6.07, 6.45) is 8.73. The van der Waals surface area contributed by atoms with Crippen molar-refractivity contribution < 1.29 is 28.7 Å². The average Bonchev–Trinajstić information content (AvgIpc) is 4.15. The Bertz CT molecular complexity index is 2500. The number of likely N-dealkylation sites (tertiary alicyclic amines) is 2. The molecule has 4 aliphatic heterocycles. The molecule has 2 saturated heterocycles. The fourth-order valence-electron chi connectivity index (χ4n) is 11.9. The number of hydrogen-bond acceptors (Lipinski definition) is 8. The zero-order valence-electron chi connectivity index (χ0n) is 39.9. The van der Waals surface area contributed by atoms with Crippen LogP contribution in [0.15, 0.2) is 70.8 Å². The summed E-state index contributed by atoms with van der Waals surface area (Å²) in [7, 11) is 2.64. The number of ether oxygens (including phenoxy) is 2. The molecule has 12 heteroatoms. The van der Waals surface area contributed by atoms with Crippen molar-refractivity contribution in [3.63, 3.8) is 0 Å². The zero-order valence-corrected chi connectivity index (χ0v) is 39.9. The van der Waals surface area contributed by atoms with Gasteiger partial charge in [-0.1, -0.05) is 84.0 Å². The Morgan fingerprint density at radius 3 is 1.64 bits per heavy atom. The standard InChI is InChI=1S/C54H66N6O6/c1-29(2)49(57-53(63)65-7)51(61)59-27-31(5)21-45(59)43-25-39(26-55-43)33-9-11-34(12-10-33)40-18-19-41(48-36-15-13-35(14-16-36)47(40)48)37-17-20-42-38(23-37)24-44(56-42)46-22-32(6)28-60(46)52(62)50(30(3)4)58-54(64)66-8/h9-12,17-20,23,26,29-32,35-36,45-46,49-50H,13-16,21-22,24-25,27-28H2,1-8H3,(H,57,63)(H,58,64)/t31-,32-,35?,36?,45?,46-,49-,50-/m0/s1. The van der Waals surface area contributed by atoms with Crippen molar-refractivity contribution in [1.29, 1.82) is 0 Å². The number of allylic oxidation sites excluding steroid dienone is 1. The highest BCUT2D eigenvalue weighted by atomic mass is 16.5. The molecular formula is C54H66N6O6. The van der Waals surface area contributed by atoms with Crippen LogP contribution in [0.5, 0.6) is 0 Å². The van der Waals surface area contributed by atoms with Gasteiger partial charge in [-0.05, 0) is 136 Å². The number of benzene rings is 3. The highest BCUT2D eigenvalue weighted by molar-refractivity contribution is 6.04. The van der Waals surface area contributed by atoms with Crippen LogP contribution >= 0.6 is 0 Å². The summed E-state index contributed by atoms with van der Waals surface area (Å²) < 4.78 is 9.70. The number of alkyl carbamates (subject to hydrolysis) is 2. The quantitative estimate of drug-likeness (QED) is 0.196. The lowest BCUT2D eigenvalue weighted by Crippen LogP contribution is -2.53. The molecule has 2 N–H and O–H groups in total. The summed E-state index contributed by atoms with van der Waals surface area (Å²) in [6, 6.07) is 18.9. The van der Waals surface area contributed by atoms with E-state index in [-0.39, 0.29) is 35.7 Å². The number of methoxy groups -OCH3 is 2. The van der Waals surface area contributed by atoms with E-state index in [9.17, 15) is 19.2 Å². The maximum Gasteiger partial charge on any atom is 0.407 e. The second kappa shape index (κ2) is 18.5. The third kappa shape index (κ3) is 8.56. The first-order valence-corrected chi connectivity index (χ1v) is 24.3. The molecule has 1 unspecified atom stereocenters. The fourth-order valence-corrected chi connectivity index (χ4v) is 11.9. The molecule has 4 heterocycles. The lowest BCUT2D eigenvalue weighted by Gasteiger charge is -2.41. The third-order valence-corrected chi connectivity index (χ3v) is 15.3. The van der Waals surface area contributed by atoms with Gasteiger partial charge in [0.1, 0.15) is 12.1 Å². The highest BCUT2D eigenvalue weighted by Crippen LogP contribution is 2.55. The van der Waals surface area contributed by atoms with Gasteiger partial charge in [0.2, 0.25) is 11.8 Å². The molecule has 1 saturated carbocycles. The van der Waals surface area contributed by atoms with E-state index in [0.717, 1.165) is 41.1 Å². The monoisotopic (exact) mass is 895 g/mol. The molecule has 348 valence electrons. The molecule has 10 rings (SSSR count). The van der Waals surface area contributed by atoms with E-state index in [1.165, 1.54) is 78.8 Å². The topological polar surface area (TPSA) is 142 Å². The van der Waals surface area contributed by atoms with E-state index in [2.05, 4.69) is 79.1 Å². The molecule has 6 atom stereocenters. The van der Waals surface area contributed by atoms with Crippen LogP contribution in [0.2, 0.25) is 0 Å². The summed E-state index contributed by atoms with van der Waals surface area (Å²) in [5.41, 5.74) is 14.6. The molecule has 0 spiro atoms. The van der Waals surface area contributed by atoms with Crippen LogP contribution in [0.25, 0.3) is 27.8 Å². The van der Waals surface area contributed by atoms with Crippen molar-refractivity contribution in [2.24, 2.45) is 33.7 Å². The van der Waals surface area contributed by atoms with Gasteiger partial charge in [-0.3, -0.25) is 19.6 Å². The van der Waals surface area contributed by atoms with Crippen LogP contribution in [0.4, 0.5) is 15.3 Å². The summed E-state index contributed by atoms with van der Waals surface area (Å²) in [4.78, 5) is 66.2. The minimum absolute atomic E-state index is 0.0807. The van der Waals surface area contributed by atoms with Gasteiger partial charge in [0.05, 0.1) is 32.0 Å². The number of carbonyl (C=O) groups excluding carboxylic acids is 4. The molecule has 0 radical (unpaired) electrons. The molecule has 0 aromatic heterocycles. The molecule has 2 bridgehead atoms. The van der Waals surface area contributed by atoms with E-state index in [0.29, 0.717) is 49.6 Å². The minimum Gasteiger partial charge on any atom is -0.453 e. The van der Waals surface area contributed by atoms with E-state index in [1.807, 2.05) is 43.7 Å². The summed E-state index contributed by atoms with van der Waals surface area (Å²) >= 11 is 0. The summed E-state index contributed by atoms with van der Waals surface area (Å²) in [5.74, 6) is 1.36. The largest absolute Gasteiger partial charge is 0.453 e. The second-order valence-corrected chi connectivity index (χ2v) is 20.6. The van der Waals surface area contributed by atoms with Crippen LogP contribution in [0.3, 0.4) is 0 Å². The van der Waals surface area contributed by atoms with Crippen molar-refractivity contribution in [2.45, 2.75) is 129 Å². The van der Waals surface area contributed by atoms with Crippen molar-refractivity contribution in [3.8, 4) is 22.3 Å². The number of hydrogen-bond donors (Lipinski definition) is 2. The Kier molecular flexibility index (Phi) is 12.7. The molecule has 12 nitrogen and oxygen atoms in total. The Hall–Kier alpha value is -5.78. The Balaban J connectivity index is 0.921. The molecule has 3 aromatic rings. The first-order chi connectivity index (χ1) is 31.7. The molecule has 3 aromatic carbocycles. The molecule has 4 amide bonds. The van der Waals surface area contributed by atoms with Crippen molar-refractivity contribution in [3.05, 3.63) is 83.1 Å². The van der Waals surface area contributed by atoms with Gasteiger partial charge < -0.3 is 29.9 Å². The molecule has 7 aliphatic rings. The van der Waals surface area contributed by atoms with E-state index < -0.39 is 24.3 Å². The Morgan fingerprint density at radius 2 is 1.12 bits per heavy atom. The molecule has 66 heavy (non-hydrogen) atoms. The number of nitrogens with zero attached hydrogens (tertiary/aromatic N) is 4. The fraction of sp³-hybridized carbons (Fsp3) is 0.519. The summed E-state index contributed by atoms with van der Waals surface area (Å²) in [6.45, 7) is 13.4. The third-order valence-electron chi connectivity index (χ3n) is 15.3. The van der Waals surface area contributed by atoms with Crippen molar-refractivity contribution in [2.75, 3.05) is 27.3 Å². The lowest BCUT2D eigenvalue weighted by molar-refractivity contribution is -0.135. The Labute approximate surface area is 389 Å². The number of rotatable bonds is 11. The van der Waals surface area contributed by atoms with Gasteiger partial charge in [0.15, 0.2) is 0 Å². The number of carbonyl (C=O) groups is 4. The normalized spacial score (nSPS) is 25.0. The van der Waals surface area contributed by atoms with Gasteiger partial charge in [0.25, 0.3) is 0 Å². The van der Waals surface area contributed by atoms with Crippen LogP contribution in [0.1, 0.15) is 121 Å². The maximum absolute atomic E-state index is 14.0. The number of fused-ring (bicyclic) bond motifs is 3. The van der Waals surface area contributed by atoms with E-state index in [4.69, 9.17) is 19.5 Å². The van der Waals surface area contributed by atoms with Gasteiger partial charge in [-0.2, -0.15) is 0 Å². The first-order valence-electron chi connectivity index (χ1n) is 24.3. The SMILES string of the molecule is COC(=O)N[C@H](C(=O)N1C[C@@H](C)CC1C1=NC=C(c2ccc(-c3ccc(-c4ccc5c(c4)CC([C@@H]4C[C@H](C)CN4C(=O)[C@@H](NC(=O)OC)C(C)C)=N5)c4c3C3CCC4CC3)cc2)C1)C(C)C. The smallest absolute Gasteiger partial charge is 0.407 e. The second-order valence-electron chi connectivity index (χ2n) is 20.6. The molecule has 3 aliphatic carbocycles. The van der Waals surface area contributed by atoms with Gasteiger partial charge in [-0.25, -0.2) is 9.59 Å². The lowest BCUT2D eigenvalue weighted by atomic mass is 9.63. The van der Waals surface area contributed by atoms with Gasteiger partial charge >= 0.3 is 12.2 Å². The van der Waals surface area contributed by atoms with Crippen LogP contribution in [-0.4, -0.2) is 96.7 Å².